The summed E-state index contributed by atoms with van der Waals surface area (Å²) in [6.45, 7) is 4.09. The van der Waals surface area contributed by atoms with Crippen LogP contribution < -0.4 is 10.6 Å². The molecule has 122 valence electrons. The highest BCUT2D eigenvalue weighted by Gasteiger charge is 2.18. The Morgan fingerprint density at radius 1 is 1.14 bits per heavy atom. The molecule has 21 heavy (non-hydrogen) atoms. The number of piperidine rings is 1. The number of rotatable bonds is 7. The molecule has 1 heterocycles. The van der Waals surface area contributed by atoms with Crippen LogP contribution >= 0.6 is 0 Å². The topological polar surface area (TPSA) is 44.4 Å². The first kappa shape index (κ1) is 16.8. The maximum Gasteiger partial charge on any atom is 0.220 e. The summed E-state index contributed by atoms with van der Waals surface area (Å²) in [7, 11) is 2.24. The van der Waals surface area contributed by atoms with Crippen LogP contribution in [0.2, 0.25) is 0 Å². The molecular formula is C17H33N3O. The lowest BCUT2D eigenvalue weighted by Gasteiger charge is -2.31. The van der Waals surface area contributed by atoms with E-state index in [0.29, 0.717) is 5.92 Å². The molecule has 2 N–H and O–H groups in total. The largest absolute Gasteiger partial charge is 0.356 e. The first-order chi connectivity index (χ1) is 10.3. The number of hydrogen-bond donors (Lipinski definition) is 2. The standard InChI is InChI=1S/C17H33N3O/c1-20(16-6-3-2-4-7-16)13-5-10-19-17(21)14-15-8-11-18-12-9-15/h15-16,18H,2-14H2,1H3,(H,19,21). The average Bonchev–Trinajstić information content (AvgIpc) is 2.53. The van der Waals surface area contributed by atoms with E-state index in [0.717, 1.165) is 57.9 Å². The van der Waals surface area contributed by atoms with Gasteiger partial charge in [-0.2, -0.15) is 0 Å². The highest BCUT2D eigenvalue weighted by atomic mass is 16.1. The van der Waals surface area contributed by atoms with Gasteiger partial charge in [-0.3, -0.25) is 4.79 Å². The third kappa shape index (κ3) is 6.35. The number of amides is 1. The molecule has 0 spiro atoms. The zero-order chi connectivity index (χ0) is 14.9. The van der Waals surface area contributed by atoms with Crippen molar-refractivity contribution in [2.75, 3.05) is 33.2 Å². The fourth-order valence-corrected chi connectivity index (χ4v) is 3.68. The number of carbonyl (C=O) groups excluding carboxylic acids is 1. The van der Waals surface area contributed by atoms with Gasteiger partial charge in [-0.25, -0.2) is 0 Å². The molecule has 1 saturated carbocycles. The van der Waals surface area contributed by atoms with Crippen LogP contribution in [0.25, 0.3) is 0 Å². The molecule has 0 aromatic carbocycles. The maximum atomic E-state index is 11.9. The van der Waals surface area contributed by atoms with E-state index >= 15 is 0 Å². The second kappa shape index (κ2) is 9.42. The molecule has 1 aliphatic carbocycles. The van der Waals surface area contributed by atoms with E-state index in [9.17, 15) is 4.79 Å². The van der Waals surface area contributed by atoms with E-state index in [1.165, 1.54) is 32.1 Å². The van der Waals surface area contributed by atoms with Crippen molar-refractivity contribution >= 4 is 5.91 Å². The normalized spacial score (nSPS) is 21.6. The Hall–Kier alpha value is -0.610. The van der Waals surface area contributed by atoms with Crippen molar-refractivity contribution in [2.45, 2.75) is 63.8 Å². The molecule has 0 aromatic heterocycles. The molecular weight excluding hydrogens is 262 g/mol. The van der Waals surface area contributed by atoms with E-state index in [1.54, 1.807) is 0 Å². The van der Waals surface area contributed by atoms with Crippen molar-refractivity contribution in [3.63, 3.8) is 0 Å². The number of nitrogens with one attached hydrogen (secondary N) is 2. The monoisotopic (exact) mass is 295 g/mol. The van der Waals surface area contributed by atoms with Gasteiger partial charge in [0, 0.05) is 19.0 Å². The van der Waals surface area contributed by atoms with Crippen LogP contribution in [-0.4, -0.2) is 50.1 Å². The Balaban J connectivity index is 1.51. The molecule has 0 atom stereocenters. The van der Waals surface area contributed by atoms with Crippen LogP contribution in [0.1, 0.15) is 57.8 Å². The lowest BCUT2D eigenvalue weighted by atomic mass is 9.94. The minimum absolute atomic E-state index is 0.252. The van der Waals surface area contributed by atoms with Crippen LogP contribution in [-0.2, 0) is 4.79 Å². The molecule has 0 bridgehead atoms. The molecule has 1 aliphatic heterocycles. The summed E-state index contributed by atoms with van der Waals surface area (Å²) < 4.78 is 0. The second-order valence-corrected chi connectivity index (χ2v) is 6.87. The molecule has 1 amide bonds. The fourth-order valence-electron chi connectivity index (χ4n) is 3.68. The highest BCUT2D eigenvalue weighted by Crippen LogP contribution is 2.21. The molecule has 2 fully saturated rings. The van der Waals surface area contributed by atoms with Gasteiger partial charge in [0.2, 0.25) is 5.91 Å². The molecule has 0 aromatic rings. The summed E-state index contributed by atoms with van der Waals surface area (Å²) in [5, 5.41) is 6.45. The Bertz CT molecular complexity index is 296. The van der Waals surface area contributed by atoms with E-state index in [2.05, 4.69) is 22.6 Å². The van der Waals surface area contributed by atoms with Gasteiger partial charge in [-0.05, 0) is 64.7 Å². The van der Waals surface area contributed by atoms with Crippen molar-refractivity contribution in [3.05, 3.63) is 0 Å². The van der Waals surface area contributed by atoms with E-state index in [1.807, 2.05) is 0 Å². The summed E-state index contributed by atoms with van der Waals surface area (Å²) in [6, 6.07) is 0.782. The van der Waals surface area contributed by atoms with Crippen molar-refractivity contribution in [1.29, 1.82) is 0 Å². The van der Waals surface area contributed by atoms with Crippen LogP contribution in [0.5, 0.6) is 0 Å². The number of nitrogens with zero attached hydrogens (tertiary/aromatic N) is 1. The van der Waals surface area contributed by atoms with E-state index in [-0.39, 0.29) is 5.91 Å². The van der Waals surface area contributed by atoms with E-state index < -0.39 is 0 Å². The highest BCUT2D eigenvalue weighted by molar-refractivity contribution is 5.76. The molecule has 4 heteroatoms. The predicted molar refractivity (Wildman–Crippen MR) is 87.3 cm³/mol. The molecule has 0 unspecified atom stereocenters. The first-order valence-electron chi connectivity index (χ1n) is 8.93. The van der Waals surface area contributed by atoms with Crippen LogP contribution in [0.15, 0.2) is 0 Å². The zero-order valence-electron chi connectivity index (χ0n) is 13.7. The summed E-state index contributed by atoms with van der Waals surface area (Å²) in [4.78, 5) is 14.4. The van der Waals surface area contributed by atoms with Crippen LogP contribution in [0.4, 0.5) is 0 Å². The minimum atomic E-state index is 0.252. The lowest BCUT2D eigenvalue weighted by Crippen LogP contribution is -2.36. The van der Waals surface area contributed by atoms with Crippen molar-refractivity contribution in [1.82, 2.24) is 15.5 Å². The van der Waals surface area contributed by atoms with Gasteiger partial charge in [0.1, 0.15) is 0 Å². The molecule has 2 rings (SSSR count). The molecule has 2 aliphatic rings. The molecule has 1 saturated heterocycles. The van der Waals surface area contributed by atoms with Crippen LogP contribution in [0, 0.1) is 5.92 Å². The summed E-state index contributed by atoms with van der Waals surface area (Å²) in [6.07, 6.45) is 11.0. The maximum absolute atomic E-state index is 11.9. The Labute approximate surface area is 130 Å². The van der Waals surface area contributed by atoms with Crippen LogP contribution in [0.3, 0.4) is 0 Å². The van der Waals surface area contributed by atoms with Gasteiger partial charge in [0.05, 0.1) is 0 Å². The Morgan fingerprint density at radius 2 is 1.86 bits per heavy atom. The quantitative estimate of drug-likeness (QED) is 0.707. The third-order valence-corrected chi connectivity index (χ3v) is 5.14. The summed E-state index contributed by atoms with van der Waals surface area (Å²) in [5.74, 6) is 0.846. The zero-order valence-corrected chi connectivity index (χ0v) is 13.7. The third-order valence-electron chi connectivity index (χ3n) is 5.14. The second-order valence-electron chi connectivity index (χ2n) is 6.87. The SMILES string of the molecule is CN(CCCNC(=O)CC1CCNCC1)C1CCCCC1. The minimum Gasteiger partial charge on any atom is -0.356 e. The van der Waals surface area contributed by atoms with Crippen molar-refractivity contribution < 1.29 is 4.79 Å². The van der Waals surface area contributed by atoms with Gasteiger partial charge in [-0.15, -0.1) is 0 Å². The average molecular weight is 295 g/mol. The van der Waals surface area contributed by atoms with Crippen molar-refractivity contribution in [2.24, 2.45) is 5.92 Å². The van der Waals surface area contributed by atoms with Gasteiger partial charge in [-0.1, -0.05) is 19.3 Å². The number of hydrogen-bond acceptors (Lipinski definition) is 3. The molecule has 4 nitrogen and oxygen atoms in total. The lowest BCUT2D eigenvalue weighted by molar-refractivity contribution is -0.122. The smallest absolute Gasteiger partial charge is 0.220 e. The number of carbonyl (C=O) groups is 1. The van der Waals surface area contributed by atoms with Gasteiger partial charge in [0.15, 0.2) is 0 Å². The Morgan fingerprint density at radius 3 is 2.57 bits per heavy atom. The Kier molecular flexibility index (Phi) is 7.51. The predicted octanol–water partition coefficient (Wildman–Crippen LogP) is 2.15. The van der Waals surface area contributed by atoms with E-state index in [4.69, 9.17) is 0 Å². The fraction of sp³-hybridized carbons (Fsp3) is 0.941. The summed E-state index contributed by atoms with van der Waals surface area (Å²) in [5.41, 5.74) is 0. The van der Waals surface area contributed by atoms with Gasteiger partial charge >= 0.3 is 0 Å². The van der Waals surface area contributed by atoms with Gasteiger partial charge in [0.25, 0.3) is 0 Å². The molecule has 0 radical (unpaired) electrons. The van der Waals surface area contributed by atoms with Crippen molar-refractivity contribution in [3.8, 4) is 0 Å². The first-order valence-corrected chi connectivity index (χ1v) is 8.93. The van der Waals surface area contributed by atoms with Gasteiger partial charge < -0.3 is 15.5 Å². The summed E-state index contributed by atoms with van der Waals surface area (Å²) >= 11 is 0.